The number of benzene rings is 2. The van der Waals surface area contributed by atoms with E-state index in [0.29, 0.717) is 16.4 Å². The lowest BCUT2D eigenvalue weighted by atomic mass is 9.99. The maximum atomic E-state index is 13.0. The molecule has 2 aromatic heterocycles. The molecule has 0 aliphatic rings. The second-order valence-corrected chi connectivity index (χ2v) is 8.02. The number of pyridine rings is 1. The SMILES string of the molecule is COc1ccccc1-c1cc(C)ncc1C(=O)Nc1nc2c(Br)cccc2s1. The molecule has 1 N–H and O–H groups in total. The number of aromatic nitrogens is 2. The van der Waals surface area contributed by atoms with Gasteiger partial charge in [-0.15, -0.1) is 0 Å². The van der Waals surface area contributed by atoms with Crippen molar-refractivity contribution in [3.8, 4) is 16.9 Å². The number of methoxy groups -OCH3 is 1. The molecule has 0 saturated carbocycles. The van der Waals surface area contributed by atoms with Gasteiger partial charge in [0.25, 0.3) is 5.91 Å². The summed E-state index contributed by atoms with van der Waals surface area (Å²) in [6, 6.07) is 15.4. The number of anilines is 1. The predicted octanol–water partition coefficient (Wildman–Crippen LogP) is 5.69. The minimum Gasteiger partial charge on any atom is -0.496 e. The zero-order valence-corrected chi connectivity index (χ0v) is 17.6. The molecule has 2 heterocycles. The Bertz CT molecular complexity index is 1190. The molecular formula is C21H16BrN3O2S. The molecule has 4 rings (SSSR count). The van der Waals surface area contributed by atoms with Crippen LogP contribution in [-0.2, 0) is 0 Å². The quantitative estimate of drug-likeness (QED) is 0.430. The molecular weight excluding hydrogens is 438 g/mol. The summed E-state index contributed by atoms with van der Waals surface area (Å²) in [5, 5.41) is 3.45. The van der Waals surface area contributed by atoms with Crippen molar-refractivity contribution >= 4 is 48.5 Å². The van der Waals surface area contributed by atoms with E-state index in [2.05, 4.69) is 31.2 Å². The highest BCUT2D eigenvalue weighted by Crippen LogP contribution is 2.34. The molecule has 1 amide bonds. The van der Waals surface area contributed by atoms with Crippen molar-refractivity contribution in [2.24, 2.45) is 0 Å². The van der Waals surface area contributed by atoms with E-state index in [-0.39, 0.29) is 5.91 Å². The monoisotopic (exact) mass is 453 g/mol. The first kappa shape index (κ1) is 18.6. The summed E-state index contributed by atoms with van der Waals surface area (Å²) < 4.78 is 7.37. The number of thiazole rings is 1. The lowest BCUT2D eigenvalue weighted by molar-refractivity contribution is 0.102. The highest BCUT2D eigenvalue weighted by Gasteiger charge is 2.18. The van der Waals surface area contributed by atoms with Crippen LogP contribution >= 0.6 is 27.3 Å². The maximum absolute atomic E-state index is 13.0. The zero-order valence-electron chi connectivity index (χ0n) is 15.2. The Labute approximate surface area is 174 Å². The summed E-state index contributed by atoms with van der Waals surface area (Å²) in [5.74, 6) is 0.439. The summed E-state index contributed by atoms with van der Waals surface area (Å²) in [7, 11) is 1.62. The third-order valence-electron chi connectivity index (χ3n) is 4.27. The first-order valence-electron chi connectivity index (χ1n) is 8.53. The number of carbonyl (C=O) groups excluding carboxylic acids is 1. The molecule has 5 nitrogen and oxygen atoms in total. The van der Waals surface area contributed by atoms with Crippen LogP contribution in [0, 0.1) is 6.92 Å². The minimum atomic E-state index is -0.261. The second-order valence-electron chi connectivity index (χ2n) is 6.13. The van der Waals surface area contributed by atoms with E-state index in [1.165, 1.54) is 11.3 Å². The van der Waals surface area contributed by atoms with Gasteiger partial charge in [-0.3, -0.25) is 15.1 Å². The molecule has 7 heteroatoms. The number of carbonyl (C=O) groups is 1. The fraction of sp³-hybridized carbons (Fsp3) is 0.0952. The molecule has 28 heavy (non-hydrogen) atoms. The maximum Gasteiger partial charge on any atom is 0.259 e. The number of rotatable bonds is 4. The van der Waals surface area contributed by atoms with E-state index in [9.17, 15) is 4.79 Å². The van der Waals surface area contributed by atoms with Gasteiger partial charge in [0.05, 0.1) is 22.9 Å². The Morgan fingerprint density at radius 2 is 1.96 bits per heavy atom. The standard InChI is InChI=1S/C21H16BrN3O2S/c1-12-10-14(13-6-3-4-8-17(13)27-2)15(11-23-12)20(26)25-21-24-19-16(22)7-5-9-18(19)28-21/h3-11H,1-2H3,(H,24,25,26). The van der Waals surface area contributed by atoms with Gasteiger partial charge in [-0.05, 0) is 47.1 Å². The number of nitrogens with zero attached hydrogens (tertiary/aromatic N) is 2. The number of halogens is 1. The highest BCUT2D eigenvalue weighted by molar-refractivity contribution is 9.10. The number of ether oxygens (including phenoxy) is 1. The summed E-state index contributed by atoms with van der Waals surface area (Å²) in [5.41, 5.74) is 3.72. The van der Waals surface area contributed by atoms with Crippen molar-refractivity contribution < 1.29 is 9.53 Å². The summed E-state index contributed by atoms with van der Waals surface area (Å²) in [6.07, 6.45) is 1.59. The third kappa shape index (κ3) is 3.50. The fourth-order valence-electron chi connectivity index (χ4n) is 2.96. The van der Waals surface area contributed by atoms with Crippen LogP contribution in [0.5, 0.6) is 5.75 Å². The molecule has 4 aromatic rings. The summed E-state index contributed by atoms with van der Waals surface area (Å²) in [4.78, 5) is 21.9. The Hall–Kier alpha value is -2.77. The molecule has 0 aliphatic heterocycles. The molecule has 2 aromatic carbocycles. The van der Waals surface area contributed by atoms with E-state index < -0.39 is 0 Å². The average Bonchev–Trinajstić information content (AvgIpc) is 3.11. The van der Waals surface area contributed by atoms with Crippen LogP contribution in [0.3, 0.4) is 0 Å². The smallest absolute Gasteiger partial charge is 0.259 e. The van der Waals surface area contributed by atoms with E-state index in [0.717, 1.165) is 31.5 Å². The zero-order chi connectivity index (χ0) is 19.7. The fourth-order valence-corrected chi connectivity index (χ4v) is 4.44. The van der Waals surface area contributed by atoms with Crippen molar-refractivity contribution in [1.82, 2.24) is 9.97 Å². The van der Waals surface area contributed by atoms with Gasteiger partial charge >= 0.3 is 0 Å². The van der Waals surface area contributed by atoms with Gasteiger partial charge in [-0.2, -0.15) is 0 Å². The van der Waals surface area contributed by atoms with Crippen LogP contribution in [0.15, 0.2) is 59.2 Å². The van der Waals surface area contributed by atoms with Crippen LogP contribution in [0.1, 0.15) is 16.1 Å². The van der Waals surface area contributed by atoms with Gasteiger partial charge in [-0.25, -0.2) is 4.98 Å². The Morgan fingerprint density at radius 3 is 2.75 bits per heavy atom. The number of hydrogen-bond donors (Lipinski definition) is 1. The van der Waals surface area contributed by atoms with E-state index in [1.54, 1.807) is 13.3 Å². The Balaban J connectivity index is 1.74. The third-order valence-corrected chi connectivity index (χ3v) is 5.85. The average molecular weight is 454 g/mol. The molecule has 0 aliphatic carbocycles. The molecule has 0 atom stereocenters. The van der Waals surface area contributed by atoms with Crippen molar-refractivity contribution in [3.63, 3.8) is 0 Å². The van der Waals surface area contributed by atoms with Crippen molar-refractivity contribution in [2.75, 3.05) is 12.4 Å². The molecule has 0 bridgehead atoms. The van der Waals surface area contributed by atoms with Crippen LogP contribution < -0.4 is 10.1 Å². The number of amides is 1. The first-order chi connectivity index (χ1) is 13.6. The molecule has 0 saturated heterocycles. The Morgan fingerprint density at radius 1 is 1.14 bits per heavy atom. The number of hydrogen-bond acceptors (Lipinski definition) is 5. The van der Waals surface area contributed by atoms with Gasteiger partial charge in [0.1, 0.15) is 5.75 Å². The van der Waals surface area contributed by atoms with E-state index in [4.69, 9.17) is 4.74 Å². The lowest BCUT2D eigenvalue weighted by Crippen LogP contribution is -2.14. The number of nitrogens with one attached hydrogen (secondary N) is 1. The van der Waals surface area contributed by atoms with Gasteiger partial charge in [0.15, 0.2) is 5.13 Å². The van der Waals surface area contributed by atoms with Crippen molar-refractivity contribution in [2.45, 2.75) is 6.92 Å². The summed E-state index contributed by atoms with van der Waals surface area (Å²) in [6.45, 7) is 1.89. The molecule has 0 fully saturated rings. The topological polar surface area (TPSA) is 64.1 Å². The molecule has 0 radical (unpaired) electrons. The van der Waals surface area contributed by atoms with Crippen molar-refractivity contribution in [1.29, 1.82) is 0 Å². The number of aryl methyl sites for hydroxylation is 1. The molecule has 140 valence electrons. The van der Waals surface area contributed by atoms with E-state index in [1.807, 2.05) is 55.5 Å². The minimum absolute atomic E-state index is 0.261. The van der Waals surface area contributed by atoms with Crippen LogP contribution in [0.4, 0.5) is 5.13 Å². The van der Waals surface area contributed by atoms with Gasteiger partial charge in [-0.1, -0.05) is 35.6 Å². The van der Waals surface area contributed by atoms with Crippen LogP contribution in [-0.4, -0.2) is 23.0 Å². The summed E-state index contributed by atoms with van der Waals surface area (Å²) >= 11 is 4.92. The first-order valence-corrected chi connectivity index (χ1v) is 10.1. The highest BCUT2D eigenvalue weighted by atomic mass is 79.9. The lowest BCUT2D eigenvalue weighted by Gasteiger charge is -2.13. The van der Waals surface area contributed by atoms with Crippen LogP contribution in [0.2, 0.25) is 0 Å². The van der Waals surface area contributed by atoms with Crippen molar-refractivity contribution in [3.05, 3.63) is 70.5 Å². The van der Waals surface area contributed by atoms with E-state index >= 15 is 0 Å². The molecule has 0 unspecified atom stereocenters. The largest absolute Gasteiger partial charge is 0.496 e. The normalized spacial score (nSPS) is 10.8. The van der Waals surface area contributed by atoms with Gasteiger partial charge in [0.2, 0.25) is 0 Å². The number of para-hydroxylation sites is 2. The van der Waals surface area contributed by atoms with Gasteiger partial charge < -0.3 is 4.74 Å². The predicted molar refractivity (Wildman–Crippen MR) is 116 cm³/mol. The van der Waals surface area contributed by atoms with Crippen LogP contribution in [0.25, 0.3) is 21.3 Å². The van der Waals surface area contributed by atoms with Gasteiger partial charge in [0, 0.05) is 27.5 Å². The second kappa shape index (κ2) is 7.69. The molecule has 0 spiro atoms. The Kier molecular flexibility index (Phi) is 5.11. The number of fused-ring (bicyclic) bond motifs is 1.